The van der Waals surface area contributed by atoms with E-state index in [-0.39, 0.29) is 18.4 Å². The summed E-state index contributed by atoms with van der Waals surface area (Å²) in [7, 11) is 1.61. The molecule has 7 heteroatoms. The smallest absolute Gasteiger partial charge is 0.411 e. The maximum absolute atomic E-state index is 12.6. The zero-order chi connectivity index (χ0) is 25.4. The van der Waals surface area contributed by atoms with E-state index in [0.29, 0.717) is 11.3 Å². The number of nitrogens with one attached hydrogen (secondary N) is 2. The molecule has 1 aliphatic rings. The van der Waals surface area contributed by atoms with Crippen LogP contribution >= 0.6 is 11.3 Å². The molecule has 0 spiro atoms. The Labute approximate surface area is 217 Å². The summed E-state index contributed by atoms with van der Waals surface area (Å²) in [4.78, 5) is 29.2. The van der Waals surface area contributed by atoms with Gasteiger partial charge in [-0.3, -0.25) is 10.1 Å². The quantitative estimate of drug-likeness (QED) is 0.279. The zero-order valence-corrected chi connectivity index (χ0v) is 20.8. The predicted molar refractivity (Wildman–Crippen MR) is 147 cm³/mol. The highest BCUT2D eigenvalue weighted by Gasteiger charge is 2.29. The van der Waals surface area contributed by atoms with Crippen LogP contribution in [-0.2, 0) is 4.74 Å². The minimum Gasteiger partial charge on any atom is -0.448 e. The summed E-state index contributed by atoms with van der Waals surface area (Å²) in [5.41, 5.74) is 7.77. The van der Waals surface area contributed by atoms with Gasteiger partial charge in [0.2, 0.25) is 0 Å². The minimum absolute atomic E-state index is 0.0171. The molecule has 0 saturated heterocycles. The number of fused-ring (bicyclic) bond motifs is 4. The summed E-state index contributed by atoms with van der Waals surface area (Å²) in [6.07, 6.45) is -0.490. The van der Waals surface area contributed by atoms with Crippen molar-refractivity contribution in [3.8, 4) is 21.7 Å². The van der Waals surface area contributed by atoms with Gasteiger partial charge in [0.05, 0.1) is 10.2 Å². The van der Waals surface area contributed by atoms with Crippen LogP contribution in [-0.4, -0.2) is 30.6 Å². The first-order chi connectivity index (χ1) is 18.1. The molecule has 0 radical (unpaired) electrons. The van der Waals surface area contributed by atoms with Gasteiger partial charge in [-0.25, -0.2) is 9.78 Å². The number of amides is 2. The van der Waals surface area contributed by atoms with E-state index in [4.69, 9.17) is 4.74 Å². The Hall–Kier alpha value is -4.49. The topological polar surface area (TPSA) is 80.3 Å². The van der Waals surface area contributed by atoms with Gasteiger partial charge in [0.1, 0.15) is 11.6 Å². The van der Waals surface area contributed by atoms with Gasteiger partial charge in [0, 0.05) is 29.8 Å². The highest BCUT2D eigenvalue weighted by Crippen LogP contribution is 2.44. The Morgan fingerprint density at radius 2 is 1.57 bits per heavy atom. The summed E-state index contributed by atoms with van der Waals surface area (Å²) in [6, 6.07) is 29.5. The van der Waals surface area contributed by atoms with Gasteiger partial charge in [-0.2, -0.15) is 0 Å². The van der Waals surface area contributed by atoms with Gasteiger partial charge < -0.3 is 10.1 Å². The maximum Gasteiger partial charge on any atom is 0.411 e. The van der Waals surface area contributed by atoms with Gasteiger partial charge in [-0.05, 0) is 64.7 Å². The van der Waals surface area contributed by atoms with E-state index in [1.807, 2.05) is 60.7 Å². The molecule has 37 heavy (non-hydrogen) atoms. The van der Waals surface area contributed by atoms with Crippen molar-refractivity contribution in [1.29, 1.82) is 0 Å². The van der Waals surface area contributed by atoms with Gasteiger partial charge >= 0.3 is 6.09 Å². The number of carbonyl (C=O) groups is 2. The van der Waals surface area contributed by atoms with E-state index in [2.05, 4.69) is 39.9 Å². The van der Waals surface area contributed by atoms with Crippen LogP contribution in [0.15, 0.2) is 91.0 Å². The molecule has 1 aliphatic carbocycles. The molecule has 0 fully saturated rings. The molecular formula is C30H23N3O3S. The number of thiazole rings is 1. The number of ether oxygens (including phenoxy) is 1. The fraction of sp³-hybridized carbons (Fsp3) is 0.100. The van der Waals surface area contributed by atoms with E-state index in [1.54, 1.807) is 13.1 Å². The predicted octanol–water partition coefficient (Wildman–Crippen LogP) is 6.68. The Bertz CT molecular complexity index is 1600. The van der Waals surface area contributed by atoms with Crippen molar-refractivity contribution in [3.63, 3.8) is 0 Å². The molecule has 6 rings (SSSR count). The molecule has 2 amide bonds. The number of nitrogens with zero attached hydrogens (tertiary/aromatic N) is 1. The lowest BCUT2D eigenvalue weighted by molar-refractivity contribution is 0.0963. The molecule has 0 bridgehead atoms. The van der Waals surface area contributed by atoms with E-state index in [9.17, 15) is 9.59 Å². The van der Waals surface area contributed by atoms with Crippen molar-refractivity contribution in [2.24, 2.45) is 0 Å². The van der Waals surface area contributed by atoms with Crippen molar-refractivity contribution in [1.82, 2.24) is 10.3 Å². The minimum atomic E-state index is -0.490. The highest BCUT2D eigenvalue weighted by molar-refractivity contribution is 7.21. The highest BCUT2D eigenvalue weighted by atomic mass is 32.1. The van der Waals surface area contributed by atoms with Crippen LogP contribution in [0.2, 0.25) is 0 Å². The summed E-state index contributed by atoms with van der Waals surface area (Å²) in [5.74, 6) is -0.107. The van der Waals surface area contributed by atoms with Crippen molar-refractivity contribution in [2.45, 2.75) is 5.92 Å². The average molecular weight is 506 g/mol. The van der Waals surface area contributed by atoms with Crippen LogP contribution in [0.25, 0.3) is 31.9 Å². The summed E-state index contributed by atoms with van der Waals surface area (Å²) < 4.78 is 6.59. The standard InChI is InChI=1S/C30H23N3O3S/c1-31-28(34)19-12-15-26-27(16-19)37-29(33-26)18-10-13-20(14-11-18)32-30(35)36-17-25-23-8-4-2-6-21(23)22-7-3-5-9-24(22)25/h2-16,25H,17H2,1H3,(H,31,34)(H,32,35). The second-order valence-corrected chi connectivity index (χ2v) is 9.84. The van der Waals surface area contributed by atoms with Crippen LogP contribution in [0, 0.1) is 0 Å². The number of hydrogen-bond donors (Lipinski definition) is 2. The summed E-state index contributed by atoms with van der Waals surface area (Å²) in [5, 5.41) is 6.31. The molecule has 1 aromatic heterocycles. The number of carbonyl (C=O) groups excluding carboxylic acids is 2. The maximum atomic E-state index is 12.6. The molecule has 0 unspecified atom stereocenters. The van der Waals surface area contributed by atoms with Gasteiger partial charge in [-0.15, -0.1) is 11.3 Å². The van der Waals surface area contributed by atoms with E-state index < -0.39 is 6.09 Å². The second-order valence-electron chi connectivity index (χ2n) is 8.81. The van der Waals surface area contributed by atoms with Gasteiger partial charge in [0.15, 0.2) is 0 Å². The van der Waals surface area contributed by atoms with Gasteiger partial charge in [-0.1, -0.05) is 48.5 Å². The van der Waals surface area contributed by atoms with Gasteiger partial charge in [0.25, 0.3) is 5.91 Å². The third-order valence-corrected chi connectivity index (χ3v) is 7.67. The zero-order valence-electron chi connectivity index (χ0n) is 20.0. The molecule has 1 heterocycles. The molecule has 182 valence electrons. The summed E-state index contributed by atoms with van der Waals surface area (Å²) >= 11 is 1.52. The average Bonchev–Trinajstić information content (AvgIpc) is 3.51. The molecule has 0 saturated carbocycles. The van der Waals surface area contributed by atoms with E-state index >= 15 is 0 Å². The number of rotatable bonds is 5. The normalized spacial score (nSPS) is 12.1. The summed E-state index contributed by atoms with van der Waals surface area (Å²) in [6.45, 7) is 0.266. The van der Waals surface area contributed by atoms with Crippen LogP contribution in [0.5, 0.6) is 0 Å². The van der Waals surface area contributed by atoms with Crippen LogP contribution in [0.1, 0.15) is 27.4 Å². The first-order valence-corrected chi connectivity index (χ1v) is 12.8. The Kier molecular flexibility index (Phi) is 5.90. The Morgan fingerprint density at radius 3 is 2.24 bits per heavy atom. The molecule has 5 aromatic rings. The number of aromatic nitrogens is 1. The number of hydrogen-bond acceptors (Lipinski definition) is 5. The largest absolute Gasteiger partial charge is 0.448 e. The first kappa shape index (κ1) is 22.9. The molecule has 4 aromatic carbocycles. The Morgan fingerprint density at radius 1 is 0.892 bits per heavy atom. The van der Waals surface area contributed by atoms with Crippen LogP contribution in [0.3, 0.4) is 0 Å². The SMILES string of the molecule is CNC(=O)c1ccc2nc(-c3ccc(NC(=O)OCC4c5ccccc5-c5ccccc54)cc3)sc2c1. The van der Waals surface area contributed by atoms with E-state index in [1.165, 1.54) is 33.6 Å². The third-order valence-electron chi connectivity index (χ3n) is 6.60. The Balaban J connectivity index is 1.12. The lowest BCUT2D eigenvalue weighted by Gasteiger charge is -2.14. The van der Waals surface area contributed by atoms with Crippen LogP contribution in [0.4, 0.5) is 10.5 Å². The van der Waals surface area contributed by atoms with Crippen molar-refractivity contribution >= 4 is 39.2 Å². The number of anilines is 1. The van der Waals surface area contributed by atoms with Crippen LogP contribution < -0.4 is 10.6 Å². The fourth-order valence-electron chi connectivity index (χ4n) is 4.78. The van der Waals surface area contributed by atoms with Crippen molar-refractivity contribution in [2.75, 3.05) is 19.0 Å². The molecule has 6 nitrogen and oxygen atoms in total. The molecule has 2 N–H and O–H groups in total. The number of benzene rings is 4. The lowest BCUT2D eigenvalue weighted by Crippen LogP contribution is -2.17. The first-order valence-electron chi connectivity index (χ1n) is 12.0. The van der Waals surface area contributed by atoms with Crippen molar-refractivity contribution in [3.05, 3.63) is 108 Å². The molecule has 0 atom stereocenters. The third kappa shape index (κ3) is 4.34. The lowest BCUT2D eigenvalue weighted by atomic mass is 9.98. The molecular weight excluding hydrogens is 482 g/mol. The fourth-order valence-corrected chi connectivity index (χ4v) is 5.79. The van der Waals surface area contributed by atoms with Crippen molar-refractivity contribution < 1.29 is 14.3 Å². The molecule has 0 aliphatic heterocycles. The second kappa shape index (κ2) is 9.52. The van der Waals surface area contributed by atoms with E-state index in [0.717, 1.165) is 20.8 Å². The monoisotopic (exact) mass is 505 g/mol.